The van der Waals surface area contributed by atoms with Crippen molar-refractivity contribution in [2.45, 2.75) is 52.5 Å². The first-order valence-electron chi connectivity index (χ1n) is 6.81. The van der Waals surface area contributed by atoms with E-state index >= 15 is 0 Å². The Morgan fingerprint density at radius 3 is 2.53 bits per heavy atom. The second-order valence-corrected chi connectivity index (χ2v) is 6.45. The lowest BCUT2D eigenvalue weighted by molar-refractivity contribution is 0.0928. The van der Waals surface area contributed by atoms with Crippen LogP contribution >= 0.6 is 0 Å². The van der Waals surface area contributed by atoms with Gasteiger partial charge >= 0.3 is 0 Å². The van der Waals surface area contributed by atoms with Gasteiger partial charge in [-0.05, 0) is 18.4 Å². The van der Waals surface area contributed by atoms with Crippen molar-refractivity contribution in [1.29, 1.82) is 0 Å². The van der Waals surface area contributed by atoms with Gasteiger partial charge in [-0.25, -0.2) is 0 Å². The molecule has 5 heteroatoms. The van der Waals surface area contributed by atoms with Gasteiger partial charge in [-0.1, -0.05) is 34.6 Å². The standard InChI is InChI=1S/C14H26N4O/c1-9(2)6-10(8-15)16-13(19)11-7-12(18-17-11)14(3,4)5/h7,9-10H,6,8,15H2,1-5H3,(H,16,19)(H,17,18). The number of nitrogens with two attached hydrogens (primary N) is 1. The van der Waals surface area contributed by atoms with Gasteiger partial charge in [-0.15, -0.1) is 0 Å². The number of aromatic nitrogens is 2. The van der Waals surface area contributed by atoms with Gasteiger partial charge < -0.3 is 11.1 Å². The monoisotopic (exact) mass is 266 g/mol. The molecule has 108 valence electrons. The molecule has 1 aromatic rings. The minimum absolute atomic E-state index is 0.00212. The Labute approximate surface area is 115 Å². The highest BCUT2D eigenvalue weighted by atomic mass is 16.2. The van der Waals surface area contributed by atoms with Crippen LogP contribution in [0.15, 0.2) is 6.07 Å². The number of hydrogen-bond donors (Lipinski definition) is 3. The van der Waals surface area contributed by atoms with Crippen molar-refractivity contribution in [3.8, 4) is 0 Å². The number of H-pyrrole nitrogens is 1. The van der Waals surface area contributed by atoms with Crippen LogP contribution in [-0.4, -0.2) is 28.7 Å². The number of rotatable bonds is 5. The topological polar surface area (TPSA) is 83.8 Å². The van der Waals surface area contributed by atoms with E-state index in [4.69, 9.17) is 5.73 Å². The van der Waals surface area contributed by atoms with Crippen LogP contribution in [0, 0.1) is 5.92 Å². The van der Waals surface area contributed by atoms with Gasteiger partial charge in [0.1, 0.15) is 5.69 Å². The molecule has 0 saturated carbocycles. The molecule has 0 aromatic carbocycles. The molecule has 1 heterocycles. The van der Waals surface area contributed by atoms with Crippen LogP contribution < -0.4 is 11.1 Å². The first-order valence-corrected chi connectivity index (χ1v) is 6.81. The van der Waals surface area contributed by atoms with E-state index in [-0.39, 0.29) is 17.4 Å². The molecule has 5 nitrogen and oxygen atoms in total. The summed E-state index contributed by atoms with van der Waals surface area (Å²) in [5.41, 5.74) is 7.01. The molecular formula is C14H26N4O. The molecule has 0 bridgehead atoms. The summed E-state index contributed by atoms with van der Waals surface area (Å²) >= 11 is 0. The smallest absolute Gasteiger partial charge is 0.272 e. The van der Waals surface area contributed by atoms with Crippen molar-refractivity contribution >= 4 is 5.91 Å². The fraction of sp³-hybridized carbons (Fsp3) is 0.714. The van der Waals surface area contributed by atoms with Crippen molar-refractivity contribution in [3.05, 3.63) is 17.5 Å². The maximum Gasteiger partial charge on any atom is 0.272 e. The quantitative estimate of drug-likeness (QED) is 0.760. The third kappa shape index (κ3) is 4.67. The van der Waals surface area contributed by atoms with Gasteiger partial charge in [0.05, 0.1) is 0 Å². The molecule has 0 radical (unpaired) electrons. The number of aromatic amines is 1. The van der Waals surface area contributed by atoms with Gasteiger partial charge in [0.15, 0.2) is 0 Å². The Morgan fingerprint density at radius 1 is 1.47 bits per heavy atom. The molecule has 0 aliphatic rings. The van der Waals surface area contributed by atoms with Gasteiger partial charge in [0.25, 0.3) is 5.91 Å². The van der Waals surface area contributed by atoms with Crippen molar-refractivity contribution in [1.82, 2.24) is 15.5 Å². The van der Waals surface area contributed by atoms with Crippen LogP contribution in [0.1, 0.15) is 57.2 Å². The SMILES string of the molecule is CC(C)CC(CN)NC(=O)c1cc(C(C)(C)C)[nH]n1. The number of amides is 1. The molecule has 0 fully saturated rings. The van der Waals surface area contributed by atoms with E-state index in [1.165, 1.54) is 0 Å². The average molecular weight is 266 g/mol. The summed E-state index contributed by atoms with van der Waals surface area (Å²) in [4.78, 5) is 12.1. The summed E-state index contributed by atoms with van der Waals surface area (Å²) in [6.07, 6.45) is 0.874. The number of carbonyl (C=O) groups excluding carboxylic acids is 1. The van der Waals surface area contributed by atoms with Crippen LogP contribution in [0.3, 0.4) is 0 Å². The van der Waals surface area contributed by atoms with E-state index < -0.39 is 0 Å². The predicted octanol–water partition coefficient (Wildman–Crippen LogP) is 1.81. The lowest BCUT2D eigenvalue weighted by atomic mass is 9.92. The van der Waals surface area contributed by atoms with E-state index in [0.29, 0.717) is 18.2 Å². The summed E-state index contributed by atoms with van der Waals surface area (Å²) in [6, 6.07) is 1.81. The summed E-state index contributed by atoms with van der Waals surface area (Å²) in [5.74, 6) is 0.334. The second kappa shape index (κ2) is 6.19. The van der Waals surface area contributed by atoms with Crippen LogP contribution in [-0.2, 0) is 5.41 Å². The molecule has 1 unspecified atom stereocenters. The van der Waals surface area contributed by atoms with E-state index in [2.05, 4.69) is 50.1 Å². The van der Waals surface area contributed by atoms with Gasteiger partial charge in [-0.2, -0.15) is 5.10 Å². The van der Waals surface area contributed by atoms with Crippen molar-refractivity contribution in [2.24, 2.45) is 11.7 Å². The molecule has 0 saturated heterocycles. The lowest BCUT2D eigenvalue weighted by Crippen LogP contribution is -2.41. The summed E-state index contributed by atoms with van der Waals surface area (Å²) in [7, 11) is 0. The summed E-state index contributed by atoms with van der Waals surface area (Å²) in [5, 5.41) is 9.92. The highest BCUT2D eigenvalue weighted by molar-refractivity contribution is 5.92. The predicted molar refractivity (Wildman–Crippen MR) is 77.1 cm³/mol. The van der Waals surface area contributed by atoms with E-state index in [1.807, 2.05) is 0 Å². The Bertz CT molecular complexity index is 417. The molecule has 1 aromatic heterocycles. The number of hydrogen-bond acceptors (Lipinski definition) is 3. The minimum atomic E-state index is -0.164. The maximum atomic E-state index is 12.1. The second-order valence-electron chi connectivity index (χ2n) is 6.45. The van der Waals surface area contributed by atoms with Gasteiger partial charge in [0.2, 0.25) is 0 Å². The number of carbonyl (C=O) groups is 1. The zero-order valence-electron chi connectivity index (χ0n) is 12.6. The van der Waals surface area contributed by atoms with Gasteiger partial charge in [-0.3, -0.25) is 9.89 Å². The largest absolute Gasteiger partial charge is 0.347 e. The first kappa shape index (κ1) is 15.7. The van der Waals surface area contributed by atoms with Crippen LogP contribution in [0.2, 0.25) is 0 Å². The molecule has 1 atom stereocenters. The van der Waals surface area contributed by atoms with Gasteiger partial charge in [0, 0.05) is 23.7 Å². The number of nitrogens with one attached hydrogen (secondary N) is 2. The van der Waals surface area contributed by atoms with Crippen LogP contribution in [0.5, 0.6) is 0 Å². The summed E-state index contributed by atoms with van der Waals surface area (Å²) < 4.78 is 0. The first-order chi connectivity index (χ1) is 8.74. The van der Waals surface area contributed by atoms with E-state index in [1.54, 1.807) is 6.07 Å². The van der Waals surface area contributed by atoms with Crippen molar-refractivity contribution < 1.29 is 4.79 Å². The van der Waals surface area contributed by atoms with Crippen LogP contribution in [0.25, 0.3) is 0 Å². The molecule has 0 aliphatic carbocycles. The molecule has 1 amide bonds. The number of nitrogens with zero attached hydrogens (tertiary/aromatic N) is 1. The van der Waals surface area contributed by atoms with Crippen LogP contribution in [0.4, 0.5) is 0 Å². The average Bonchev–Trinajstić information content (AvgIpc) is 2.76. The zero-order valence-corrected chi connectivity index (χ0v) is 12.6. The fourth-order valence-electron chi connectivity index (χ4n) is 1.86. The minimum Gasteiger partial charge on any atom is -0.347 e. The Kier molecular flexibility index (Phi) is 5.11. The fourth-order valence-corrected chi connectivity index (χ4v) is 1.86. The van der Waals surface area contributed by atoms with E-state index in [9.17, 15) is 4.79 Å². The van der Waals surface area contributed by atoms with Crippen molar-refractivity contribution in [2.75, 3.05) is 6.54 Å². The highest BCUT2D eigenvalue weighted by Gasteiger charge is 2.20. The zero-order chi connectivity index (χ0) is 14.6. The molecule has 19 heavy (non-hydrogen) atoms. The molecule has 0 aliphatic heterocycles. The molecule has 4 N–H and O–H groups in total. The molecular weight excluding hydrogens is 240 g/mol. The third-order valence-electron chi connectivity index (χ3n) is 2.99. The maximum absolute atomic E-state index is 12.1. The summed E-state index contributed by atoms with van der Waals surface area (Å²) in [6.45, 7) is 10.9. The third-order valence-corrected chi connectivity index (χ3v) is 2.99. The lowest BCUT2D eigenvalue weighted by Gasteiger charge is -2.18. The highest BCUT2D eigenvalue weighted by Crippen LogP contribution is 2.20. The molecule has 0 spiro atoms. The normalized spacial score (nSPS) is 13.6. The van der Waals surface area contributed by atoms with Crippen molar-refractivity contribution in [3.63, 3.8) is 0 Å². The molecule has 1 rings (SSSR count). The van der Waals surface area contributed by atoms with E-state index in [0.717, 1.165) is 12.1 Å². The Balaban J connectivity index is 2.70. The Morgan fingerprint density at radius 2 is 2.11 bits per heavy atom. The Hall–Kier alpha value is -1.36.